The first-order valence-corrected chi connectivity index (χ1v) is 8.79. The quantitative estimate of drug-likeness (QED) is 0.672. The second-order valence-corrected chi connectivity index (χ2v) is 6.28. The Labute approximate surface area is 158 Å². The summed E-state index contributed by atoms with van der Waals surface area (Å²) in [4.78, 5) is 17.0. The average Bonchev–Trinajstić information content (AvgIpc) is 3.10. The number of ether oxygens (including phenoxy) is 1. The molecule has 0 bridgehead atoms. The van der Waals surface area contributed by atoms with Gasteiger partial charge in [-0.2, -0.15) is 0 Å². The molecule has 1 aromatic heterocycles. The predicted molar refractivity (Wildman–Crippen MR) is 103 cm³/mol. The van der Waals surface area contributed by atoms with E-state index in [1.807, 2.05) is 43.5 Å². The number of benzene rings is 2. The molecule has 1 atom stereocenters. The number of nitrogens with zero attached hydrogens (tertiary/aromatic N) is 2. The van der Waals surface area contributed by atoms with Gasteiger partial charge in [0.05, 0.1) is 13.2 Å². The molecule has 27 heavy (non-hydrogen) atoms. The summed E-state index contributed by atoms with van der Waals surface area (Å²) in [5, 5.41) is 13.0. The molecule has 1 unspecified atom stereocenters. The molecule has 0 saturated heterocycles. The number of imidazole rings is 1. The van der Waals surface area contributed by atoms with Gasteiger partial charge in [0.25, 0.3) is 5.91 Å². The smallest absolute Gasteiger partial charge is 0.251 e. The van der Waals surface area contributed by atoms with E-state index in [0.29, 0.717) is 11.3 Å². The Morgan fingerprint density at radius 3 is 2.67 bits per heavy atom. The van der Waals surface area contributed by atoms with E-state index in [0.717, 1.165) is 24.4 Å². The van der Waals surface area contributed by atoms with Crippen LogP contribution < -0.4 is 10.1 Å². The maximum absolute atomic E-state index is 12.7. The summed E-state index contributed by atoms with van der Waals surface area (Å²) in [5.74, 6) is 0.967. The molecule has 0 aliphatic heterocycles. The van der Waals surface area contributed by atoms with Crippen molar-refractivity contribution < 1.29 is 14.6 Å². The molecule has 0 saturated carbocycles. The fourth-order valence-corrected chi connectivity index (χ4v) is 2.99. The van der Waals surface area contributed by atoms with Gasteiger partial charge in [0.15, 0.2) is 11.5 Å². The van der Waals surface area contributed by atoms with Crippen LogP contribution in [0.2, 0.25) is 0 Å². The molecule has 2 aromatic carbocycles. The van der Waals surface area contributed by atoms with Gasteiger partial charge in [-0.05, 0) is 37.1 Å². The van der Waals surface area contributed by atoms with Crippen molar-refractivity contribution in [2.45, 2.75) is 25.9 Å². The van der Waals surface area contributed by atoms with Crippen LogP contribution in [0.25, 0.3) is 0 Å². The van der Waals surface area contributed by atoms with Crippen molar-refractivity contribution in [3.63, 3.8) is 0 Å². The van der Waals surface area contributed by atoms with Gasteiger partial charge in [-0.25, -0.2) is 4.98 Å². The number of aryl methyl sites for hydroxylation is 2. The highest BCUT2D eigenvalue weighted by atomic mass is 16.5. The Hall–Kier alpha value is -3.28. The molecule has 1 heterocycles. The monoisotopic (exact) mass is 365 g/mol. The topological polar surface area (TPSA) is 76.4 Å². The molecule has 0 radical (unpaired) electrons. The van der Waals surface area contributed by atoms with E-state index in [2.05, 4.69) is 14.9 Å². The van der Waals surface area contributed by atoms with Crippen LogP contribution in [-0.2, 0) is 6.54 Å². The molecule has 1 amide bonds. The van der Waals surface area contributed by atoms with Crippen LogP contribution in [0, 0.1) is 6.92 Å². The van der Waals surface area contributed by atoms with E-state index in [4.69, 9.17) is 4.74 Å². The molecule has 2 N–H and O–H groups in total. The number of hydrogen-bond donors (Lipinski definition) is 2. The highest BCUT2D eigenvalue weighted by Gasteiger charge is 2.17. The lowest BCUT2D eigenvalue weighted by Gasteiger charge is -2.20. The van der Waals surface area contributed by atoms with Crippen LogP contribution >= 0.6 is 0 Å². The van der Waals surface area contributed by atoms with Crippen molar-refractivity contribution in [1.82, 2.24) is 14.9 Å². The first-order valence-electron chi connectivity index (χ1n) is 8.79. The highest BCUT2D eigenvalue weighted by molar-refractivity contribution is 5.95. The number of amides is 1. The molecule has 140 valence electrons. The Balaban J connectivity index is 1.77. The third-order valence-electron chi connectivity index (χ3n) is 4.53. The fraction of sp³-hybridized carbons (Fsp3) is 0.238. The Morgan fingerprint density at radius 1 is 1.26 bits per heavy atom. The molecule has 6 nitrogen and oxygen atoms in total. The second-order valence-electron chi connectivity index (χ2n) is 6.28. The Morgan fingerprint density at radius 2 is 2.04 bits per heavy atom. The zero-order chi connectivity index (χ0) is 19.2. The van der Waals surface area contributed by atoms with E-state index >= 15 is 0 Å². The lowest BCUT2D eigenvalue weighted by Crippen LogP contribution is -2.29. The van der Waals surface area contributed by atoms with Crippen molar-refractivity contribution in [2.75, 3.05) is 7.11 Å². The number of phenolic OH excluding ortho intramolecular Hbond substituents is 1. The van der Waals surface area contributed by atoms with Gasteiger partial charge < -0.3 is 19.7 Å². The first kappa shape index (κ1) is 18.5. The van der Waals surface area contributed by atoms with Crippen LogP contribution in [-0.4, -0.2) is 27.7 Å². The summed E-state index contributed by atoms with van der Waals surface area (Å²) in [5.41, 5.74) is 1.41. The van der Waals surface area contributed by atoms with Gasteiger partial charge in [-0.3, -0.25) is 4.79 Å². The average molecular weight is 365 g/mol. The Bertz CT molecular complexity index is 906. The summed E-state index contributed by atoms with van der Waals surface area (Å²) in [6, 6.07) is 14.3. The van der Waals surface area contributed by atoms with Gasteiger partial charge in [-0.15, -0.1) is 0 Å². The summed E-state index contributed by atoms with van der Waals surface area (Å²) < 4.78 is 7.09. The number of aromatic hydroxyl groups is 1. The number of aromatic nitrogens is 2. The van der Waals surface area contributed by atoms with E-state index in [9.17, 15) is 9.90 Å². The molecule has 3 aromatic rings. The zero-order valence-electron chi connectivity index (χ0n) is 15.4. The minimum atomic E-state index is -0.246. The standard InChI is InChI=1S/C21H23N3O3/c1-15-22-11-13-24(15)12-10-18(16-6-4-3-5-7-16)23-21(26)17-8-9-20(27-2)19(25)14-17/h3-9,11,13-14,18,25H,10,12H2,1-2H3,(H,23,26). The number of nitrogens with one attached hydrogen (secondary N) is 1. The number of phenols is 1. The molecule has 0 aliphatic rings. The van der Waals surface area contributed by atoms with Gasteiger partial charge >= 0.3 is 0 Å². The predicted octanol–water partition coefficient (Wildman–Crippen LogP) is 3.47. The molecule has 0 spiro atoms. The van der Waals surface area contributed by atoms with Gasteiger partial charge in [0.2, 0.25) is 0 Å². The Kier molecular flexibility index (Phi) is 5.76. The van der Waals surface area contributed by atoms with E-state index < -0.39 is 0 Å². The number of rotatable bonds is 7. The van der Waals surface area contributed by atoms with Crippen molar-refractivity contribution in [1.29, 1.82) is 0 Å². The molecular formula is C21H23N3O3. The normalized spacial score (nSPS) is 11.8. The van der Waals surface area contributed by atoms with Crippen molar-refractivity contribution in [3.05, 3.63) is 77.9 Å². The van der Waals surface area contributed by atoms with E-state index in [1.165, 1.54) is 13.2 Å². The molecule has 3 rings (SSSR count). The number of carbonyl (C=O) groups is 1. The maximum Gasteiger partial charge on any atom is 0.251 e. The number of hydrogen-bond acceptors (Lipinski definition) is 4. The molecule has 0 fully saturated rings. The summed E-state index contributed by atoms with van der Waals surface area (Å²) in [6.45, 7) is 2.69. The van der Waals surface area contributed by atoms with Crippen LogP contribution in [0.5, 0.6) is 11.5 Å². The highest BCUT2D eigenvalue weighted by Crippen LogP contribution is 2.27. The molecular weight excluding hydrogens is 342 g/mol. The molecule has 6 heteroatoms. The van der Waals surface area contributed by atoms with E-state index in [1.54, 1.807) is 18.3 Å². The third kappa shape index (κ3) is 4.47. The van der Waals surface area contributed by atoms with Gasteiger partial charge in [0, 0.05) is 24.5 Å². The van der Waals surface area contributed by atoms with Crippen molar-refractivity contribution in [3.8, 4) is 11.5 Å². The lowest BCUT2D eigenvalue weighted by atomic mass is 10.0. The fourth-order valence-electron chi connectivity index (χ4n) is 2.99. The van der Waals surface area contributed by atoms with Crippen LogP contribution in [0.3, 0.4) is 0 Å². The van der Waals surface area contributed by atoms with Crippen molar-refractivity contribution >= 4 is 5.91 Å². The minimum Gasteiger partial charge on any atom is -0.504 e. The SMILES string of the molecule is COc1ccc(C(=O)NC(CCn2ccnc2C)c2ccccc2)cc1O. The zero-order valence-corrected chi connectivity index (χ0v) is 15.4. The van der Waals surface area contributed by atoms with Crippen LogP contribution in [0.1, 0.15) is 34.2 Å². The van der Waals surface area contributed by atoms with Gasteiger partial charge in [0.1, 0.15) is 5.82 Å². The first-order chi connectivity index (χ1) is 13.1. The number of carbonyl (C=O) groups excluding carboxylic acids is 1. The largest absolute Gasteiger partial charge is 0.504 e. The van der Waals surface area contributed by atoms with Crippen LogP contribution in [0.4, 0.5) is 0 Å². The maximum atomic E-state index is 12.7. The molecule has 0 aliphatic carbocycles. The minimum absolute atomic E-state index is 0.0598. The number of methoxy groups -OCH3 is 1. The summed E-state index contributed by atoms with van der Waals surface area (Å²) in [7, 11) is 1.47. The second kappa shape index (κ2) is 8.40. The third-order valence-corrected chi connectivity index (χ3v) is 4.53. The lowest BCUT2D eigenvalue weighted by molar-refractivity contribution is 0.0933. The van der Waals surface area contributed by atoms with Gasteiger partial charge in [-0.1, -0.05) is 30.3 Å². The van der Waals surface area contributed by atoms with Crippen LogP contribution in [0.15, 0.2) is 60.9 Å². The van der Waals surface area contributed by atoms with E-state index in [-0.39, 0.29) is 17.7 Å². The van der Waals surface area contributed by atoms with Crippen molar-refractivity contribution in [2.24, 2.45) is 0 Å². The summed E-state index contributed by atoms with van der Waals surface area (Å²) in [6.07, 6.45) is 4.42. The summed E-state index contributed by atoms with van der Waals surface area (Å²) >= 11 is 0.